The number of hydrogen-bond acceptors (Lipinski definition) is 6. The summed E-state index contributed by atoms with van der Waals surface area (Å²) in [5, 5.41) is 14.4. The van der Waals surface area contributed by atoms with Crippen molar-refractivity contribution in [2.24, 2.45) is 5.92 Å². The molecule has 1 spiro atoms. The van der Waals surface area contributed by atoms with Gasteiger partial charge in [0.05, 0.1) is 16.9 Å². The number of allylic oxidation sites excluding steroid dienone is 1. The number of rotatable bonds is 5. The van der Waals surface area contributed by atoms with Crippen LogP contribution in [0.25, 0.3) is 5.57 Å². The Kier molecular flexibility index (Phi) is 5.92. The molecule has 0 aliphatic carbocycles. The van der Waals surface area contributed by atoms with E-state index in [9.17, 15) is 24.5 Å². The van der Waals surface area contributed by atoms with E-state index in [0.29, 0.717) is 16.8 Å². The molecule has 0 radical (unpaired) electrons. The first-order valence-corrected chi connectivity index (χ1v) is 14.1. The van der Waals surface area contributed by atoms with Crippen molar-refractivity contribution in [3.63, 3.8) is 0 Å². The van der Waals surface area contributed by atoms with Crippen LogP contribution in [0.15, 0.2) is 103 Å². The van der Waals surface area contributed by atoms with Crippen LogP contribution in [-0.2, 0) is 10.2 Å². The van der Waals surface area contributed by atoms with E-state index in [4.69, 9.17) is 0 Å². The minimum absolute atomic E-state index is 0.143. The highest BCUT2D eigenvalue weighted by molar-refractivity contribution is 6.18. The van der Waals surface area contributed by atoms with E-state index in [1.807, 2.05) is 85.5 Å². The number of nitrogens with one attached hydrogen (secondary N) is 1. The van der Waals surface area contributed by atoms with Crippen LogP contribution in [0.3, 0.4) is 0 Å². The molecule has 8 heteroatoms. The first kappa shape index (κ1) is 26.5. The summed E-state index contributed by atoms with van der Waals surface area (Å²) in [5.74, 6) is -2.15. The summed E-state index contributed by atoms with van der Waals surface area (Å²) in [5.41, 5.74) is 3.93. The number of fused-ring (bicyclic) bond motifs is 6. The molecule has 1 N–H and O–H groups in total. The normalized spacial score (nSPS) is 23.2. The minimum atomic E-state index is -1.42. The van der Waals surface area contributed by atoms with Gasteiger partial charge in [0.2, 0.25) is 5.91 Å². The Bertz CT molecular complexity index is 1880. The average molecular weight is 570 g/mol. The van der Waals surface area contributed by atoms with Gasteiger partial charge in [0.1, 0.15) is 11.5 Å². The first-order chi connectivity index (χ1) is 20.7. The maximum Gasteiger partial charge on any atom is 0.269 e. The van der Waals surface area contributed by atoms with Gasteiger partial charge in [0, 0.05) is 40.2 Å². The van der Waals surface area contributed by atoms with E-state index in [2.05, 4.69) is 5.32 Å². The predicted octanol–water partition coefficient (Wildman–Crippen LogP) is 6.15. The fourth-order valence-corrected chi connectivity index (χ4v) is 7.20. The highest BCUT2D eigenvalue weighted by Crippen LogP contribution is 2.58. The zero-order valence-electron chi connectivity index (χ0n) is 23.5. The standard InChI is InChI=1S/C35H27N3O5/c1-20-11-13-22(14-12-20)32(39)30-31(33(40)23-15-17-24(18-16-23)38(42)43)37-28-10-6-3-7-25(28)21(2)19-29(37)35(30)26-8-4-5-9-27(26)36-34(35)41/h3-19,29-31H,1-2H3,(H,36,41)/t29-,30+,31-,35+/m1/s1. The molecule has 3 heterocycles. The largest absolute Gasteiger partial charge is 0.352 e. The second-order valence-electron chi connectivity index (χ2n) is 11.4. The Balaban J connectivity index is 1.53. The molecule has 1 amide bonds. The zero-order valence-corrected chi connectivity index (χ0v) is 23.5. The topological polar surface area (TPSA) is 110 Å². The highest BCUT2D eigenvalue weighted by atomic mass is 16.6. The smallest absolute Gasteiger partial charge is 0.269 e. The lowest BCUT2D eigenvalue weighted by molar-refractivity contribution is -0.384. The molecule has 4 aromatic carbocycles. The molecule has 212 valence electrons. The van der Waals surface area contributed by atoms with Gasteiger partial charge in [-0.25, -0.2) is 0 Å². The molecule has 4 aromatic rings. The Hall–Kier alpha value is -5.37. The van der Waals surface area contributed by atoms with Gasteiger partial charge in [-0.05, 0) is 49.2 Å². The molecule has 1 fully saturated rings. The molecule has 0 unspecified atom stereocenters. The molecule has 0 aromatic heterocycles. The summed E-state index contributed by atoms with van der Waals surface area (Å²) in [6.45, 7) is 3.91. The summed E-state index contributed by atoms with van der Waals surface area (Å²) >= 11 is 0. The number of benzene rings is 4. The Morgan fingerprint density at radius 1 is 0.837 bits per heavy atom. The number of anilines is 2. The van der Waals surface area contributed by atoms with Gasteiger partial charge < -0.3 is 10.2 Å². The van der Waals surface area contributed by atoms with Crippen molar-refractivity contribution < 1.29 is 19.3 Å². The average Bonchev–Trinajstić information content (AvgIpc) is 3.49. The molecule has 0 saturated carbocycles. The van der Waals surface area contributed by atoms with Crippen LogP contribution in [-0.4, -0.2) is 34.5 Å². The Morgan fingerprint density at radius 3 is 2.19 bits per heavy atom. The number of carbonyl (C=O) groups is 3. The number of para-hydroxylation sites is 2. The first-order valence-electron chi connectivity index (χ1n) is 14.1. The van der Waals surface area contributed by atoms with Crippen LogP contribution in [0.1, 0.15) is 44.3 Å². The van der Waals surface area contributed by atoms with Crippen molar-refractivity contribution in [1.29, 1.82) is 0 Å². The van der Waals surface area contributed by atoms with Crippen LogP contribution in [0, 0.1) is 23.0 Å². The summed E-state index contributed by atoms with van der Waals surface area (Å²) in [4.78, 5) is 56.8. The number of hydrogen-bond donors (Lipinski definition) is 1. The van der Waals surface area contributed by atoms with E-state index in [1.165, 1.54) is 24.3 Å². The van der Waals surface area contributed by atoms with Gasteiger partial charge in [0.25, 0.3) is 5.69 Å². The van der Waals surface area contributed by atoms with E-state index >= 15 is 0 Å². The van der Waals surface area contributed by atoms with Crippen molar-refractivity contribution in [3.05, 3.63) is 141 Å². The number of nitro groups is 1. The third kappa shape index (κ3) is 3.72. The molecule has 43 heavy (non-hydrogen) atoms. The van der Waals surface area contributed by atoms with Crippen molar-refractivity contribution in [3.8, 4) is 0 Å². The molecule has 8 nitrogen and oxygen atoms in total. The van der Waals surface area contributed by atoms with Gasteiger partial charge in [-0.2, -0.15) is 0 Å². The molecule has 4 atom stereocenters. The molecule has 3 aliphatic heterocycles. The Morgan fingerprint density at radius 2 is 1.47 bits per heavy atom. The van der Waals surface area contributed by atoms with Crippen LogP contribution in [0.4, 0.5) is 17.1 Å². The van der Waals surface area contributed by atoms with Gasteiger partial charge in [-0.3, -0.25) is 24.5 Å². The molecule has 0 bridgehead atoms. The van der Waals surface area contributed by atoms with Crippen molar-refractivity contribution in [1.82, 2.24) is 0 Å². The van der Waals surface area contributed by atoms with Crippen molar-refractivity contribution in [2.75, 3.05) is 10.2 Å². The summed E-state index contributed by atoms with van der Waals surface area (Å²) in [6, 6.07) is 25.9. The van der Waals surface area contributed by atoms with Crippen LogP contribution >= 0.6 is 0 Å². The van der Waals surface area contributed by atoms with Crippen molar-refractivity contribution >= 4 is 40.1 Å². The number of ketones is 2. The predicted molar refractivity (Wildman–Crippen MR) is 163 cm³/mol. The number of nitro benzene ring substituents is 1. The van der Waals surface area contributed by atoms with E-state index in [0.717, 1.165) is 22.4 Å². The van der Waals surface area contributed by atoms with E-state index < -0.39 is 28.3 Å². The minimum Gasteiger partial charge on any atom is -0.352 e. The molecular formula is C35H27N3O5. The number of nitrogens with zero attached hydrogens (tertiary/aromatic N) is 2. The van der Waals surface area contributed by atoms with E-state index in [-0.39, 0.29) is 28.7 Å². The quantitative estimate of drug-likeness (QED) is 0.175. The SMILES string of the molecule is CC1=C[C@H]2N(c3ccccc31)[C@@H](C(=O)c1ccc([N+](=O)[O-])cc1)[C@@H](C(=O)c1ccc(C)cc1)[C@@]21C(=O)Nc2ccccc21. The second kappa shape index (κ2) is 9.59. The van der Waals surface area contributed by atoms with Crippen molar-refractivity contribution in [2.45, 2.75) is 31.3 Å². The Labute approximate surface area is 247 Å². The maximum absolute atomic E-state index is 14.8. The molecule has 3 aliphatic rings. The summed E-state index contributed by atoms with van der Waals surface area (Å²) in [6.07, 6.45) is 2.00. The highest BCUT2D eigenvalue weighted by Gasteiger charge is 2.70. The number of amides is 1. The summed E-state index contributed by atoms with van der Waals surface area (Å²) in [7, 11) is 0. The fourth-order valence-electron chi connectivity index (χ4n) is 7.20. The monoisotopic (exact) mass is 569 g/mol. The number of aryl methyl sites for hydroxylation is 1. The lowest BCUT2D eigenvalue weighted by Gasteiger charge is -2.39. The second-order valence-corrected chi connectivity index (χ2v) is 11.4. The van der Waals surface area contributed by atoms with Gasteiger partial charge in [0.15, 0.2) is 11.6 Å². The third-order valence-electron chi connectivity index (χ3n) is 9.13. The van der Waals surface area contributed by atoms with Gasteiger partial charge >= 0.3 is 0 Å². The van der Waals surface area contributed by atoms with Crippen LogP contribution < -0.4 is 10.2 Å². The van der Waals surface area contributed by atoms with Crippen LogP contribution in [0.2, 0.25) is 0 Å². The number of Topliss-reactive ketones (excluding diaryl/α,β-unsaturated/α-hetero) is 2. The van der Waals surface area contributed by atoms with Gasteiger partial charge in [-0.1, -0.05) is 72.3 Å². The fraction of sp³-hybridized carbons (Fsp3) is 0.171. The third-order valence-corrected chi connectivity index (χ3v) is 9.13. The zero-order chi connectivity index (χ0) is 30.0. The molecule has 1 saturated heterocycles. The molecule has 7 rings (SSSR count). The van der Waals surface area contributed by atoms with E-state index in [1.54, 1.807) is 12.1 Å². The lowest BCUT2D eigenvalue weighted by atomic mass is 9.64. The lowest BCUT2D eigenvalue weighted by Crippen LogP contribution is -2.51. The molecular weight excluding hydrogens is 542 g/mol. The number of carbonyl (C=O) groups excluding carboxylic acids is 3. The van der Waals surface area contributed by atoms with Crippen LogP contribution in [0.5, 0.6) is 0 Å². The summed E-state index contributed by atoms with van der Waals surface area (Å²) < 4.78 is 0. The van der Waals surface area contributed by atoms with Gasteiger partial charge in [-0.15, -0.1) is 0 Å². The maximum atomic E-state index is 14.8. The number of non-ortho nitro benzene ring substituents is 1.